The second kappa shape index (κ2) is 10.3. The normalized spacial score (nSPS) is 11.1. The smallest absolute Gasteiger partial charge is 0.371 e. The zero-order valence-corrected chi connectivity index (χ0v) is 17.1. The molecule has 0 spiro atoms. The number of halogens is 1. The molecule has 3 rings (SSSR count). The van der Waals surface area contributed by atoms with Crippen LogP contribution in [-0.4, -0.2) is 22.0 Å². The molecule has 3 aromatic carbocycles. The summed E-state index contributed by atoms with van der Waals surface area (Å²) in [6.07, 6.45) is 0.605. The van der Waals surface area contributed by atoms with Gasteiger partial charge in [0, 0.05) is 12.1 Å². The predicted octanol–water partition coefficient (Wildman–Crippen LogP) is 5.21. The molecule has 0 bridgehead atoms. The molecule has 0 aromatic heterocycles. The van der Waals surface area contributed by atoms with Crippen LogP contribution >= 0.6 is 11.6 Å². The van der Waals surface area contributed by atoms with E-state index in [9.17, 15) is 14.7 Å². The first kappa shape index (κ1) is 21.9. The summed E-state index contributed by atoms with van der Waals surface area (Å²) >= 11 is 6.30. The second-order valence-corrected chi connectivity index (χ2v) is 6.93. The largest absolute Gasteiger partial charge is 0.502 e. The molecule has 0 radical (unpaired) electrons. The number of carboxylic acid groups (broad SMARTS) is 1. The molecular weight excluding hydrogens is 420 g/mol. The van der Waals surface area contributed by atoms with Crippen LogP contribution in [0.1, 0.15) is 21.5 Å². The first-order valence-electron chi connectivity index (χ1n) is 9.29. The monoisotopic (exact) mass is 438 g/mol. The van der Waals surface area contributed by atoms with Gasteiger partial charge in [-0.15, -0.1) is 0 Å². The SMILES string of the molecule is O=C(O)C(O)=CC(=O)c1cc(Cl)c(OCc2ccccc2)cc1OCc1ccccc1. The Morgan fingerprint density at radius 2 is 1.32 bits per heavy atom. The Bertz CT molecular complexity index is 1090. The number of ketones is 1. The van der Waals surface area contributed by atoms with Gasteiger partial charge in [0.25, 0.3) is 0 Å². The number of ether oxygens (including phenoxy) is 2. The third-order valence-electron chi connectivity index (χ3n) is 4.26. The number of hydrogen-bond acceptors (Lipinski definition) is 5. The van der Waals surface area contributed by atoms with Crippen LogP contribution in [0, 0.1) is 0 Å². The zero-order chi connectivity index (χ0) is 22.2. The quantitative estimate of drug-likeness (QED) is 0.271. The van der Waals surface area contributed by atoms with Crippen LogP contribution in [0.2, 0.25) is 5.02 Å². The minimum absolute atomic E-state index is 0.000734. The van der Waals surface area contributed by atoms with Crippen molar-refractivity contribution >= 4 is 23.4 Å². The Balaban J connectivity index is 1.90. The van der Waals surface area contributed by atoms with Crippen molar-refractivity contribution in [1.82, 2.24) is 0 Å². The van der Waals surface area contributed by atoms with Gasteiger partial charge in [-0.25, -0.2) is 4.79 Å². The molecule has 7 heteroatoms. The second-order valence-electron chi connectivity index (χ2n) is 6.53. The highest BCUT2D eigenvalue weighted by atomic mass is 35.5. The van der Waals surface area contributed by atoms with Crippen LogP contribution in [0.15, 0.2) is 84.6 Å². The maximum atomic E-state index is 12.6. The molecule has 0 aliphatic carbocycles. The number of aliphatic carboxylic acids is 1. The number of allylic oxidation sites excluding steroid dienone is 1. The van der Waals surface area contributed by atoms with E-state index in [0.717, 1.165) is 11.1 Å². The average Bonchev–Trinajstić information content (AvgIpc) is 2.78. The molecule has 0 aliphatic heterocycles. The molecule has 0 heterocycles. The Morgan fingerprint density at radius 1 is 0.806 bits per heavy atom. The fraction of sp³-hybridized carbons (Fsp3) is 0.0833. The molecule has 0 unspecified atom stereocenters. The molecule has 0 atom stereocenters. The molecule has 0 fully saturated rings. The lowest BCUT2D eigenvalue weighted by molar-refractivity contribution is -0.135. The summed E-state index contributed by atoms with van der Waals surface area (Å²) in [6.45, 7) is 0.418. The number of aliphatic hydroxyl groups excluding tert-OH is 1. The lowest BCUT2D eigenvalue weighted by Gasteiger charge is -2.14. The molecule has 158 valence electrons. The molecule has 2 N–H and O–H groups in total. The average molecular weight is 439 g/mol. The molecule has 6 nitrogen and oxygen atoms in total. The summed E-state index contributed by atoms with van der Waals surface area (Å²) in [5.41, 5.74) is 1.80. The number of carbonyl (C=O) groups is 2. The van der Waals surface area contributed by atoms with Gasteiger partial charge >= 0.3 is 5.97 Å². The van der Waals surface area contributed by atoms with Gasteiger partial charge in [0.05, 0.1) is 10.6 Å². The van der Waals surface area contributed by atoms with E-state index in [2.05, 4.69) is 0 Å². The summed E-state index contributed by atoms with van der Waals surface area (Å²) in [4.78, 5) is 23.4. The van der Waals surface area contributed by atoms with E-state index in [-0.39, 0.29) is 29.5 Å². The van der Waals surface area contributed by atoms with E-state index in [1.165, 1.54) is 12.1 Å². The predicted molar refractivity (Wildman–Crippen MR) is 116 cm³/mol. The Hall–Kier alpha value is -3.77. The fourth-order valence-electron chi connectivity index (χ4n) is 2.69. The van der Waals surface area contributed by atoms with E-state index in [0.29, 0.717) is 11.8 Å². The first-order chi connectivity index (χ1) is 14.9. The van der Waals surface area contributed by atoms with Crippen LogP contribution in [0.3, 0.4) is 0 Å². The molecule has 0 saturated carbocycles. The van der Waals surface area contributed by atoms with Gasteiger partial charge in [-0.1, -0.05) is 72.3 Å². The molecule has 31 heavy (non-hydrogen) atoms. The molecule has 0 amide bonds. The van der Waals surface area contributed by atoms with Gasteiger partial charge in [0.1, 0.15) is 24.7 Å². The van der Waals surface area contributed by atoms with Crippen molar-refractivity contribution in [1.29, 1.82) is 0 Å². The van der Waals surface area contributed by atoms with Crippen LogP contribution < -0.4 is 9.47 Å². The zero-order valence-electron chi connectivity index (χ0n) is 16.3. The minimum atomic E-state index is -1.62. The number of hydrogen-bond donors (Lipinski definition) is 2. The molecular formula is C24H19ClO6. The van der Waals surface area contributed by atoms with Gasteiger partial charge in [0.15, 0.2) is 5.78 Å². The summed E-state index contributed by atoms with van der Waals surface area (Å²) in [5.74, 6) is -3.01. The number of carboxylic acids is 1. The van der Waals surface area contributed by atoms with Crippen molar-refractivity contribution in [2.24, 2.45) is 0 Å². The number of aliphatic hydroxyl groups is 1. The highest BCUT2D eigenvalue weighted by Gasteiger charge is 2.18. The summed E-state index contributed by atoms with van der Waals surface area (Å²) in [5, 5.41) is 18.4. The highest BCUT2D eigenvalue weighted by molar-refractivity contribution is 6.32. The van der Waals surface area contributed by atoms with Crippen molar-refractivity contribution in [3.8, 4) is 11.5 Å². The van der Waals surface area contributed by atoms with E-state index in [4.69, 9.17) is 26.2 Å². The van der Waals surface area contributed by atoms with Crippen LogP contribution in [-0.2, 0) is 18.0 Å². The Kier molecular flexibility index (Phi) is 7.30. The maximum absolute atomic E-state index is 12.6. The van der Waals surface area contributed by atoms with Crippen molar-refractivity contribution in [2.75, 3.05) is 0 Å². The van der Waals surface area contributed by atoms with Gasteiger partial charge in [0.2, 0.25) is 5.76 Å². The maximum Gasteiger partial charge on any atom is 0.371 e. The third-order valence-corrected chi connectivity index (χ3v) is 4.56. The summed E-state index contributed by atoms with van der Waals surface area (Å²) in [7, 11) is 0. The van der Waals surface area contributed by atoms with E-state index in [1.54, 1.807) is 0 Å². The van der Waals surface area contributed by atoms with Crippen molar-refractivity contribution in [2.45, 2.75) is 13.2 Å². The summed E-state index contributed by atoms with van der Waals surface area (Å²) < 4.78 is 11.6. The summed E-state index contributed by atoms with van der Waals surface area (Å²) in [6, 6.07) is 21.6. The minimum Gasteiger partial charge on any atom is -0.502 e. The van der Waals surface area contributed by atoms with Crippen molar-refractivity contribution in [3.63, 3.8) is 0 Å². The lowest BCUT2D eigenvalue weighted by atomic mass is 10.1. The van der Waals surface area contributed by atoms with Crippen molar-refractivity contribution in [3.05, 3.63) is 106 Å². The molecule has 3 aromatic rings. The number of rotatable bonds is 9. The molecule has 0 aliphatic rings. The van der Waals surface area contributed by atoms with Gasteiger partial charge in [-0.3, -0.25) is 4.79 Å². The third kappa shape index (κ3) is 6.10. The number of benzene rings is 3. The van der Waals surface area contributed by atoms with E-state index >= 15 is 0 Å². The van der Waals surface area contributed by atoms with Gasteiger partial charge in [-0.2, -0.15) is 0 Å². The lowest BCUT2D eigenvalue weighted by Crippen LogP contribution is -2.07. The van der Waals surface area contributed by atoms with Crippen LogP contribution in [0.25, 0.3) is 0 Å². The Labute approximate surface area is 183 Å². The van der Waals surface area contributed by atoms with Crippen LogP contribution in [0.4, 0.5) is 0 Å². The first-order valence-corrected chi connectivity index (χ1v) is 9.67. The fourth-order valence-corrected chi connectivity index (χ4v) is 2.91. The number of carbonyl (C=O) groups excluding carboxylic acids is 1. The van der Waals surface area contributed by atoms with Crippen molar-refractivity contribution < 1.29 is 29.3 Å². The topological polar surface area (TPSA) is 93.1 Å². The van der Waals surface area contributed by atoms with E-state index < -0.39 is 17.5 Å². The Morgan fingerprint density at radius 3 is 1.84 bits per heavy atom. The standard InChI is InChI=1S/C24H19ClO6/c25-19-11-18(20(26)12-21(27)24(28)29)22(30-14-16-7-3-1-4-8-16)13-23(19)31-15-17-9-5-2-6-10-17/h1-13,27H,14-15H2,(H,28,29). The highest BCUT2D eigenvalue weighted by Crippen LogP contribution is 2.34. The van der Waals surface area contributed by atoms with Gasteiger partial charge in [-0.05, 0) is 17.2 Å². The van der Waals surface area contributed by atoms with Gasteiger partial charge < -0.3 is 19.7 Å². The van der Waals surface area contributed by atoms with Crippen LogP contribution in [0.5, 0.6) is 11.5 Å². The molecule has 0 saturated heterocycles. The van der Waals surface area contributed by atoms with E-state index in [1.807, 2.05) is 60.7 Å².